The lowest BCUT2D eigenvalue weighted by Crippen LogP contribution is -2.47. The number of amides is 1. The van der Waals surface area contributed by atoms with E-state index in [2.05, 4.69) is 11.6 Å². The van der Waals surface area contributed by atoms with Crippen molar-refractivity contribution in [3.05, 3.63) is 0 Å². The average Bonchev–Trinajstić information content (AvgIpc) is 2.48. The first-order valence-electron chi connectivity index (χ1n) is 8.27. The molecular formula is C16H30N2OS. The highest BCUT2D eigenvalue weighted by Gasteiger charge is 2.26. The molecule has 0 spiro atoms. The molecule has 0 aliphatic heterocycles. The van der Waals surface area contributed by atoms with Crippen LogP contribution in [0.1, 0.15) is 64.2 Å². The van der Waals surface area contributed by atoms with Gasteiger partial charge >= 0.3 is 0 Å². The van der Waals surface area contributed by atoms with Crippen molar-refractivity contribution < 1.29 is 4.79 Å². The van der Waals surface area contributed by atoms with Crippen LogP contribution in [-0.2, 0) is 4.79 Å². The quantitative estimate of drug-likeness (QED) is 0.820. The second-order valence-corrected chi connectivity index (χ2v) is 7.71. The Bertz CT molecular complexity index is 305. The number of hydrogen-bond donors (Lipinski definition) is 2. The molecule has 4 heteroatoms. The van der Waals surface area contributed by atoms with Gasteiger partial charge in [0.1, 0.15) is 0 Å². The summed E-state index contributed by atoms with van der Waals surface area (Å²) in [7, 11) is 0. The van der Waals surface area contributed by atoms with E-state index in [4.69, 9.17) is 5.73 Å². The maximum atomic E-state index is 12.2. The molecule has 2 aliphatic carbocycles. The Morgan fingerprint density at radius 3 is 2.65 bits per heavy atom. The van der Waals surface area contributed by atoms with Crippen LogP contribution in [0.25, 0.3) is 0 Å². The molecule has 2 rings (SSSR count). The maximum absolute atomic E-state index is 12.2. The molecule has 0 saturated heterocycles. The summed E-state index contributed by atoms with van der Waals surface area (Å²) in [6, 6.07) is 0.0545. The Morgan fingerprint density at radius 1 is 1.20 bits per heavy atom. The number of thioether (sulfide) groups is 1. The second-order valence-electron chi connectivity index (χ2n) is 6.58. The Kier molecular flexibility index (Phi) is 6.69. The van der Waals surface area contributed by atoms with Gasteiger partial charge in [0, 0.05) is 11.3 Å². The van der Waals surface area contributed by atoms with Crippen LogP contribution in [0, 0.1) is 5.92 Å². The lowest BCUT2D eigenvalue weighted by molar-refractivity contribution is -0.123. The molecule has 3 nitrogen and oxygen atoms in total. The Balaban J connectivity index is 1.72. The van der Waals surface area contributed by atoms with Gasteiger partial charge in [0.25, 0.3) is 0 Å². The van der Waals surface area contributed by atoms with E-state index in [1.54, 1.807) is 0 Å². The predicted octanol–water partition coefficient (Wildman–Crippen LogP) is 3.07. The molecule has 3 unspecified atom stereocenters. The molecule has 116 valence electrons. The average molecular weight is 298 g/mol. The van der Waals surface area contributed by atoms with Gasteiger partial charge in [-0.2, -0.15) is 11.8 Å². The van der Waals surface area contributed by atoms with Gasteiger partial charge in [-0.1, -0.05) is 38.5 Å². The fourth-order valence-corrected chi connectivity index (χ4v) is 4.51. The van der Waals surface area contributed by atoms with Gasteiger partial charge in [-0.25, -0.2) is 0 Å². The summed E-state index contributed by atoms with van der Waals surface area (Å²) < 4.78 is 0. The highest BCUT2D eigenvalue weighted by Crippen LogP contribution is 2.28. The molecule has 2 fully saturated rings. The minimum absolute atomic E-state index is 0.0855. The third-order valence-electron chi connectivity index (χ3n) is 4.95. The zero-order chi connectivity index (χ0) is 14.4. The second kappa shape index (κ2) is 8.28. The molecule has 0 aromatic heterocycles. The number of nitrogens with two attached hydrogens (primary N) is 1. The molecule has 3 atom stereocenters. The summed E-state index contributed by atoms with van der Waals surface area (Å²) in [5, 5.41) is 3.91. The third kappa shape index (κ3) is 4.96. The molecule has 0 aromatic rings. The smallest absolute Gasteiger partial charge is 0.237 e. The number of nitrogens with one attached hydrogen (secondary N) is 1. The normalized spacial score (nSPS) is 29.9. The number of rotatable bonds is 5. The molecule has 0 aromatic carbocycles. The monoisotopic (exact) mass is 298 g/mol. The first kappa shape index (κ1) is 16.2. The zero-order valence-corrected chi connectivity index (χ0v) is 13.6. The summed E-state index contributed by atoms with van der Waals surface area (Å²) in [6.45, 7) is 0. The van der Waals surface area contributed by atoms with Crippen LogP contribution < -0.4 is 11.1 Å². The van der Waals surface area contributed by atoms with E-state index in [-0.39, 0.29) is 11.9 Å². The van der Waals surface area contributed by atoms with Crippen molar-refractivity contribution >= 4 is 17.7 Å². The van der Waals surface area contributed by atoms with Crippen molar-refractivity contribution in [2.24, 2.45) is 11.7 Å². The van der Waals surface area contributed by atoms with E-state index in [9.17, 15) is 4.79 Å². The minimum Gasteiger partial charge on any atom is -0.352 e. The van der Waals surface area contributed by atoms with Crippen LogP contribution in [0.15, 0.2) is 0 Å². The predicted molar refractivity (Wildman–Crippen MR) is 86.9 cm³/mol. The molecule has 20 heavy (non-hydrogen) atoms. The Labute approximate surface area is 127 Å². The van der Waals surface area contributed by atoms with Gasteiger partial charge in [0.05, 0.1) is 6.04 Å². The summed E-state index contributed by atoms with van der Waals surface area (Å²) in [4.78, 5) is 12.2. The van der Waals surface area contributed by atoms with Crippen molar-refractivity contribution in [3.63, 3.8) is 0 Å². The Morgan fingerprint density at radius 2 is 1.95 bits per heavy atom. The molecule has 0 radical (unpaired) electrons. The summed E-state index contributed by atoms with van der Waals surface area (Å²) in [5.74, 6) is 0.761. The first-order chi connectivity index (χ1) is 9.69. The van der Waals surface area contributed by atoms with E-state index in [1.807, 2.05) is 11.8 Å². The summed E-state index contributed by atoms with van der Waals surface area (Å²) in [5.41, 5.74) is 6.12. The molecule has 0 heterocycles. The molecule has 2 aliphatic rings. The number of hydrogen-bond acceptors (Lipinski definition) is 3. The molecule has 2 saturated carbocycles. The Hall–Kier alpha value is -0.220. The lowest BCUT2D eigenvalue weighted by atomic mass is 9.84. The van der Waals surface area contributed by atoms with E-state index in [1.165, 1.54) is 44.9 Å². The van der Waals surface area contributed by atoms with Crippen molar-refractivity contribution in [3.8, 4) is 0 Å². The SMILES string of the molecule is CSC1CCCC(NC(=O)C(N)CC2CCCCC2)C1. The van der Waals surface area contributed by atoms with Gasteiger partial charge < -0.3 is 11.1 Å². The van der Waals surface area contributed by atoms with E-state index in [0.29, 0.717) is 17.2 Å². The van der Waals surface area contributed by atoms with E-state index in [0.717, 1.165) is 19.3 Å². The molecule has 0 bridgehead atoms. The van der Waals surface area contributed by atoms with Crippen molar-refractivity contribution in [1.29, 1.82) is 0 Å². The fourth-order valence-electron chi connectivity index (χ4n) is 3.69. The van der Waals surface area contributed by atoms with Crippen molar-refractivity contribution in [2.45, 2.75) is 81.5 Å². The van der Waals surface area contributed by atoms with Crippen LogP contribution in [0.2, 0.25) is 0 Å². The van der Waals surface area contributed by atoms with E-state index < -0.39 is 0 Å². The van der Waals surface area contributed by atoms with Gasteiger partial charge in [-0.15, -0.1) is 0 Å². The zero-order valence-electron chi connectivity index (χ0n) is 12.8. The standard InChI is InChI=1S/C16H30N2OS/c1-20-14-9-5-8-13(11-14)18-16(19)15(17)10-12-6-3-2-4-7-12/h12-15H,2-11,17H2,1H3,(H,18,19). The lowest BCUT2D eigenvalue weighted by Gasteiger charge is -2.30. The van der Waals surface area contributed by atoms with Crippen LogP contribution in [-0.4, -0.2) is 29.5 Å². The molecule has 3 N–H and O–H groups in total. The topological polar surface area (TPSA) is 55.1 Å². The molecule has 1 amide bonds. The maximum Gasteiger partial charge on any atom is 0.237 e. The number of carbonyl (C=O) groups excluding carboxylic acids is 1. The van der Waals surface area contributed by atoms with Crippen LogP contribution in [0.3, 0.4) is 0 Å². The third-order valence-corrected chi connectivity index (χ3v) is 6.05. The van der Waals surface area contributed by atoms with Crippen LogP contribution in [0.5, 0.6) is 0 Å². The molecular weight excluding hydrogens is 268 g/mol. The fraction of sp³-hybridized carbons (Fsp3) is 0.938. The largest absolute Gasteiger partial charge is 0.352 e. The van der Waals surface area contributed by atoms with Crippen LogP contribution in [0.4, 0.5) is 0 Å². The van der Waals surface area contributed by atoms with Gasteiger partial charge in [-0.05, 0) is 37.9 Å². The van der Waals surface area contributed by atoms with Gasteiger partial charge in [-0.3, -0.25) is 4.79 Å². The van der Waals surface area contributed by atoms with Crippen molar-refractivity contribution in [1.82, 2.24) is 5.32 Å². The summed E-state index contributed by atoms with van der Waals surface area (Å²) >= 11 is 1.93. The van der Waals surface area contributed by atoms with Gasteiger partial charge in [0.2, 0.25) is 5.91 Å². The van der Waals surface area contributed by atoms with Crippen molar-refractivity contribution in [2.75, 3.05) is 6.26 Å². The number of carbonyl (C=O) groups is 1. The minimum atomic E-state index is -0.298. The van der Waals surface area contributed by atoms with Crippen LogP contribution >= 0.6 is 11.8 Å². The highest BCUT2D eigenvalue weighted by molar-refractivity contribution is 7.99. The van der Waals surface area contributed by atoms with E-state index >= 15 is 0 Å². The first-order valence-corrected chi connectivity index (χ1v) is 9.56. The highest BCUT2D eigenvalue weighted by atomic mass is 32.2. The van der Waals surface area contributed by atoms with Gasteiger partial charge in [0.15, 0.2) is 0 Å². The summed E-state index contributed by atoms with van der Waals surface area (Å²) in [6.07, 6.45) is 14.3.